The molecule has 0 saturated heterocycles. The van der Waals surface area contributed by atoms with Crippen molar-refractivity contribution in [2.24, 2.45) is 0 Å². The molecule has 2 N–H and O–H groups in total. The molecule has 0 spiro atoms. The zero-order valence-corrected chi connectivity index (χ0v) is 10.5. The normalized spacial score (nSPS) is 11.9. The van der Waals surface area contributed by atoms with Crippen LogP contribution >= 0.6 is 0 Å². The van der Waals surface area contributed by atoms with Gasteiger partial charge in [-0.25, -0.2) is 8.78 Å². The standard InChI is InChI=1S/C15H13F2NO2/c16-11-7-4-8-12(17)14(11)13(19)9-18-15(20)10-5-2-1-3-6-10/h1-8,13,19H,9H2,(H,18,20). The second-order valence-electron chi connectivity index (χ2n) is 4.23. The Morgan fingerprint density at radius 1 is 1.05 bits per heavy atom. The topological polar surface area (TPSA) is 49.3 Å². The van der Waals surface area contributed by atoms with Crippen molar-refractivity contribution in [3.8, 4) is 0 Å². The minimum Gasteiger partial charge on any atom is -0.386 e. The SMILES string of the molecule is O=C(NCC(O)c1c(F)cccc1F)c1ccccc1. The van der Waals surface area contributed by atoms with Gasteiger partial charge in [0.1, 0.15) is 17.7 Å². The van der Waals surface area contributed by atoms with Crippen LogP contribution in [0.4, 0.5) is 8.78 Å². The van der Waals surface area contributed by atoms with Gasteiger partial charge in [0.05, 0.1) is 5.56 Å². The lowest BCUT2D eigenvalue weighted by atomic mass is 10.1. The fourth-order valence-electron chi connectivity index (χ4n) is 1.81. The van der Waals surface area contributed by atoms with E-state index in [-0.39, 0.29) is 6.54 Å². The van der Waals surface area contributed by atoms with Crippen molar-refractivity contribution in [1.82, 2.24) is 5.32 Å². The third-order valence-corrected chi connectivity index (χ3v) is 2.82. The van der Waals surface area contributed by atoms with Gasteiger partial charge in [-0.2, -0.15) is 0 Å². The molecule has 2 aromatic carbocycles. The van der Waals surface area contributed by atoms with E-state index in [0.29, 0.717) is 5.56 Å². The van der Waals surface area contributed by atoms with Gasteiger partial charge in [-0.15, -0.1) is 0 Å². The molecule has 0 saturated carbocycles. The number of hydrogen-bond acceptors (Lipinski definition) is 2. The van der Waals surface area contributed by atoms with Crippen LogP contribution in [0.3, 0.4) is 0 Å². The van der Waals surface area contributed by atoms with E-state index in [2.05, 4.69) is 5.32 Å². The number of nitrogens with one attached hydrogen (secondary N) is 1. The van der Waals surface area contributed by atoms with Crippen LogP contribution < -0.4 is 5.32 Å². The molecule has 1 amide bonds. The summed E-state index contributed by atoms with van der Waals surface area (Å²) in [6.45, 7) is -0.272. The van der Waals surface area contributed by atoms with Crippen LogP contribution in [0.15, 0.2) is 48.5 Å². The summed E-state index contributed by atoms with van der Waals surface area (Å²) in [6, 6.07) is 11.7. The number of amides is 1. The Morgan fingerprint density at radius 2 is 1.65 bits per heavy atom. The van der Waals surface area contributed by atoms with Crippen molar-refractivity contribution in [3.63, 3.8) is 0 Å². The number of benzene rings is 2. The summed E-state index contributed by atoms with van der Waals surface area (Å²) in [7, 11) is 0. The molecular formula is C15H13F2NO2. The summed E-state index contributed by atoms with van der Waals surface area (Å²) in [6.07, 6.45) is -1.44. The van der Waals surface area contributed by atoms with E-state index >= 15 is 0 Å². The second kappa shape index (κ2) is 6.25. The summed E-state index contributed by atoms with van der Waals surface area (Å²) < 4.78 is 26.9. The van der Waals surface area contributed by atoms with E-state index in [4.69, 9.17) is 0 Å². The Morgan fingerprint density at radius 3 is 2.25 bits per heavy atom. The maximum Gasteiger partial charge on any atom is 0.251 e. The van der Waals surface area contributed by atoms with Crippen LogP contribution in [0.1, 0.15) is 22.0 Å². The maximum absolute atomic E-state index is 13.4. The molecule has 5 heteroatoms. The molecule has 0 fully saturated rings. The predicted molar refractivity (Wildman–Crippen MR) is 70.1 cm³/mol. The predicted octanol–water partition coefficient (Wildman–Crippen LogP) is 2.43. The van der Waals surface area contributed by atoms with E-state index in [1.165, 1.54) is 6.07 Å². The van der Waals surface area contributed by atoms with E-state index < -0.39 is 29.2 Å². The maximum atomic E-state index is 13.4. The van der Waals surface area contributed by atoms with Gasteiger partial charge in [0.15, 0.2) is 0 Å². The summed E-state index contributed by atoms with van der Waals surface area (Å²) in [5, 5.41) is 12.2. The lowest BCUT2D eigenvalue weighted by molar-refractivity contribution is 0.0911. The van der Waals surface area contributed by atoms with Gasteiger partial charge in [0.25, 0.3) is 5.91 Å². The Bertz CT molecular complexity index is 582. The molecule has 2 aromatic rings. The first kappa shape index (κ1) is 14.1. The first-order chi connectivity index (χ1) is 9.59. The van der Waals surface area contributed by atoms with Gasteiger partial charge in [0, 0.05) is 12.1 Å². The van der Waals surface area contributed by atoms with Crippen molar-refractivity contribution in [2.75, 3.05) is 6.54 Å². The second-order valence-corrected chi connectivity index (χ2v) is 4.23. The molecule has 3 nitrogen and oxygen atoms in total. The Hall–Kier alpha value is -2.27. The molecule has 2 rings (SSSR count). The molecule has 0 aliphatic rings. The number of carbonyl (C=O) groups excluding carboxylic acids is 1. The molecule has 1 atom stereocenters. The van der Waals surface area contributed by atoms with Crippen molar-refractivity contribution in [2.45, 2.75) is 6.10 Å². The monoisotopic (exact) mass is 277 g/mol. The van der Waals surface area contributed by atoms with E-state index in [1.807, 2.05) is 0 Å². The van der Waals surface area contributed by atoms with Crippen molar-refractivity contribution >= 4 is 5.91 Å². The lowest BCUT2D eigenvalue weighted by Gasteiger charge is -2.13. The fourth-order valence-corrected chi connectivity index (χ4v) is 1.81. The Balaban J connectivity index is 2.02. The van der Waals surface area contributed by atoms with Crippen LogP contribution in [0, 0.1) is 11.6 Å². The zero-order valence-electron chi connectivity index (χ0n) is 10.5. The van der Waals surface area contributed by atoms with Crippen molar-refractivity contribution < 1.29 is 18.7 Å². The van der Waals surface area contributed by atoms with Crippen LogP contribution in [-0.4, -0.2) is 17.6 Å². The molecular weight excluding hydrogens is 264 g/mol. The van der Waals surface area contributed by atoms with Crippen LogP contribution in [-0.2, 0) is 0 Å². The van der Waals surface area contributed by atoms with E-state index in [9.17, 15) is 18.7 Å². The van der Waals surface area contributed by atoms with Gasteiger partial charge in [-0.3, -0.25) is 4.79 Å². The van der Waals surface area contributed by atoms with Gasteiger partial charge in [0.2, 0.25) is 0 Å². The number of aliphatic hydroxyl groups excluding tert-OH is 1. The molecule has 0 aromatic heterocycles. The third-order valence-electron chi connectivity index (χ3n) is 2.82. The molecule has 0 bridgehead atoms. The summed E-state index contributed by atoms with van der Waals surface area (Å²) >= 11 is 0. The molecule has 104 valence electrons. The van der Waals surface area contributed by atoms with E-state index in [1.54, 1.807) is 30.3 Å². The highest BCUT2D eigenvalue weighted by Gasteiger charge is 2.18. The zero-order chi connectivity index (χ0) is 14.5. The van der Waals surface area contributed by atoms with Crippen LogP contribution in [0.2, 0.25) is 0 Å². The molecule has 0 aliphatic carbocycles. The molecule has 1 unspecified atom stereocenters. The first-order valence-electron chi connectivity index (χ1n) is 6.05. The largest absolute Gasteiger partial charge is 0.386 e. The number of hydrogen-bond donors (Lipinski definition) is 2. The average molecular weight is 277 g/mol. The number of rotatable bonds is 4. The van der Waals surface area contributed by atoms with Crippen LogP contribution in [0.25, 0.3) is 0 Å². The fraction of sp³-hybridized carbons (Fsp3) is 0.133. The molecule has 0 heterocycles. The number of aliphatic hydroxyl groups is 1. The number of carbonyl (C=O) groups is 1. The third kappa shape index (κ3) is 3.19. The minimum atomic E-state index is -1.44. The van der Waals surface area contributed by atoms with E-state index in [0.717, 1.165) is 12.1 Å². The van der Waals surface area contributed by atoms with Crippen LogP contribution in [0.5, 0.6) is 0 Å². The van der Waals surface area contributed by atoms with Gasteiger partial charge >= 0.3 is 0 Å². The highest BCUT2D eigenvalue weighted by atomic mass is 19.1. The summed E-state index contributed by atoms with van der Waals surface area (Å²) in [4.78, 5) is 11.7. The summed E-state index contributed by atoms with van der Waals surface area (Å²) in [5.74, 6) is -2.10. The average Bonchev–Trinajstić information content (AvgIpc) is 2.45. The first-order valence-corrected chi connectivity index (χ1v) is 6.05. The molecule has 0 aliphatic heterocycles. The molecule has 0 radical (unpaired) electrons. The Labute approximate surface area is 114 Å². The van der Waals surface area contributed by atoms with Crippen molar-refractivity contribution in [1.29, 1.82) is 0 Å². The van der Waals surface area contributed by atoms with Gasteiger partial charge < -0.3 is 10.4 Å². The quantitative estimate of drug-likeness (QED) is 0.901. The molecule has 20 heavy (non-hydrogen) atoms. The highest BCUT2D eigenvalue weighted by molar-refractivity contribution is 5.94. The summed E-state index contributed by atoms with van der Waals surface area (Å²) in [5.41, 5.74) is -0.0328. The van der Waals surface area contributed by atoms with Crippen molar-refractivity contribution in [3.05, 3.63) is 71.3 Å². The van der Waals surface area contributed by atoms with Gasteiger partial charge in [-0.1, -0.05) is 24.3 Å². The lowest BCUT2D eigenvalue weighted by Crippen LogP contribution is -2.29. The van der Waals surface area contributed by atoms with Gasteiger partial charge in [-0.05, 0) is 24.3 Å². The smallest absolute Gasteiger partial charge is 0.251 e. The number of halogens is 2. The Kier molecular flexibility index (Phi) is 4.42. The minimum absolute atomic E-state index is 0.272. The highest BCUT2D eigenvalue weighted by Crippen LogP contribution is 2.19.